The van der Waals surface area contributed by atoms with E-state index in [-0.39, 0.29) is 46.8 Å². The van der Waals surface area contributed by atoms with E-state index in [1.165, 1.54) is 18.2 Å². The predicted octanol–water partition coefficient (Wildman–Crippen LogP) is 4.29. The minimum Gasteiger partial charge on any atom is -0.493 e. The summed E-state index contributed by atoms with van der Waals surface area (Å²) in [4.78, 5) is 11.4. The third kappa shape index (κ3) is 4.25. The number of carbonyl (C=O) groups is 1. The van der Waals surface area contributed by atoms with Crippen molar-refractivity contribution in [2.24, 2.45) is 0 Å². The van der Waals surface area contributed by atoms with Gasteiger partial charge in [0.15, 0.2) is 5.78 Å². The van der Waals surface area contributed by atoms with E-state index in [2.05, 4.69) is 0 Å². The minimum absolute atomic E-state index is 0.0800. The number of carbonyl (C=O) groups excluding carboxylic acids is 1. The van der Waals surface area contributed by atoms with Crippen LogP contribution in [0.5, 0.6) is 5.75 Å². The number of hydrogen-bond donors (Lipinski definition) is 0. The second-order valence-electron chi connectivity index (χ2n) is 3.42. The fraction of sp³-hybridized carbons (Fsp3) is 0.417. The van der Waals surface area contributed by atoms with Gasteiger partial charge in [-0.2, -0.15) is 13.2 Å². The second-order valence-corrected chi connectivity index (χ2v) is 4.53. The predicted molar refractivity (Wildman–Crippen MR) is 64.1 cm³/mol. The van der Waals surface area contributed by atoms with E-state index in [1.54, 1.807) is 13.8 Å². The molecule has 0 N–H and O–H groups in total. The maximum Gasteiger partial charge on any atom is 0.446 e. The van der Waals surface area contributed by atoms with Crippen molar-refractivity contribution in [1.82, 2.24) is 0 Å². The topological polar surface area (TPSA) is 26.3 Å². The molecule has 0 spiro atoms. The molecule has 6 heteroatoms. The molecular formula is C12H13F3O2S. The first kappa shape index (κ1) is 14.9. The van der Waals surface area contributed by atoms with Gasteiger partial charge >= 0.3 is 5.51 Å². The standard InChI is InChI=1S/C12H13F3O2S/c1-3-9(16)8-5-6-10(17-4-2)11(7-8)18-12(13,14)15/h5-7H,3-4H2,1-2H3. The van der Waals surface area contributed by atoms with Crippen LogP contribution in [0.1, 0.15) is 30.6 Å². The van der Waals surface area contributed by atoms with Gasteiger partial charge in [0.05, 0.1) is 11.5 Å². The lowest BCUT2D eigenvalue weighted by molar-refractivity contribution is -0.0329. The van der Waals surface area contributed by atoms with Gasteiger partial charge in [-0.3, -0.25) is 4.79 Å². The number of alkyl halides is 3. The summed E-state index contributed by atoms with van der Waals surface area (Å²) < 4.78 is 42.3. The van der Waals surface area contributed by atoms with Gasteiger partial charge in [0.2, 0.25) is 0 Å². The normalized spacial score (nSPS) is 11.4. The Labute approximate surface area is 108 Å². The van der Waals surface area contributed by atoms with Gasteiger partial charge in [-0.1, -0.05) is 6.92 Å². The van der Waals surface area contributed by atoms with E-state index < -0.39 is 5.51 Å². The van der Waals surface area contributed by atoms with Gasteiger partial charge in [0, 0.05) is 12.0 Å². The molecule has 0 bridgehead atoms. The lowest BCUT2D eigenvalue weighted by Crippen LogP contribution is -2.04. The van der Waals surface area contributed by atoms with E-state index in [4.69, 9.17) is 4.74 Å². The average Bonchev–Trinajstić information content (AvgIpc) is 2.28. The molecule has 0 saturated carbocycles. The summed E-state index contributed by atoms with van der Waals surface area (Å²) >= 11 is -0.268. The molecule has 0 heterocycles. The van der Waals surface area contributed by atoms with Crippen molar-refractivity contribution in [1.29, 1.82) is 0 Å². The van der Waals surface area contributed by atoms with Crippen molar-refractivity contribution in [3.05, 3.63) is 23.8 Å². The molecular weight excluding hydrogens is 265 g/mol. The van der Waals surface area contributed by atoms with E-state index in [1.807, 2.05) is 0 Å². The molecule has 1 rings (SSSR count). The van der Waals surface area contributed by atoms with Crippen LogP contribution in [0.4, 0.5) is 13.2 Å². The van der Waals surface area contributed by atoms with Gasteiger partial charge in [-0.25, -0.2) is 0 Å². The second kappa shape index (κ2) is 6.13. The SMILES string of the molecule is CCOc1ccc(C(=O)CC)cc1SC(F)(F)F. The van der Waals surface area contributed by atoms with E-state index in [0.29, 0.717) is 0 Å². The summed E-state index contributed by atoms with van der Waals surface area (Å²) in [5.41, 5.74) is -4.13. The Balaban J connectivity index is 3.11. The van der Waals surface area contributed by atoms with Crippen LogP contribution in [0.15, 0.2) is 23.1 Å². The summed E-state index contributed by atoms with van der Waals surface area (Å²) in [5.74, 6) is -0.0467. The van der Waals surface area contributed by atoms with Crippen LogP contribution in [-0.2, 0) is 0 Å². The fourth-order valence-corrected chi connectivity index (χ4v) is 2.03. The zero-order chi connectivity index (χ0) is 13.8. The highest BCUT2D eigenvalue weighted by atomic mass is 32.2. The summed E-state index contributed by atoms with van der Waals surface area (Å²) in [6.45, 7) is 3.62. The molecule has 0 atom stereocenters. The number of ketones is 1. The third-order valence-corrected chi connectivity index (χ3v) is 2.88. The smallest absolute Gasteiger partial charge is 0.446 e. The molecule has 100 valence electrons. The third-order valence-electron chi connectivity index (χ3n) is 2.11. The molecule has 0 amide bonds. The highest BCUT2D eigenvalue weighted by Gasteiger charge is 2.31. The summed E-state index contributed by atoms with van der Waals surface area (Å²) in [7, 11) is 0. The summed E-state index contributed by atoms with van der Waals surface area (Å²) in [5, 5.41) is 0. The van der Waals surface area contributed by atoms with Crippen molar-refractivity contribution < 1.29 is 22.7 Å². The van der Waals surface area contributed by atoms with Crippen LogP contribution < -0.4 is 4.74 Å². The summed E-state index contributed by atoms with van der Waals surface area (Å²) in [6.07, 6.45) is 0.254. The molecule has 0 unspecified atom stereocenters. The summed E-state index contributed by atoms with van der Waals surface area (Å²) in [6, 6.07) is 4.12. The Morgan fingerprint density at radius 2 is 2.00 bits per heavy atom. The lowest BCUT2D eigenvalue weighted by atomic mass is 10.1. The van der Waals surface area contributed by atoms with Gasteiger partial charge in [-0.05, 0) is 36.9 Å². The first-order chi connectivity index (χ1) is 8.37. The number of thioether (sulfide) groups is 1. The highest BCUT2D eigenvalue weighted by molar-refractivity contribution is 8.00. The number of halogens is 3. The van der Waals surface area contributed by atoms with Gasteiger partial charge in [-0.15, -0.1) is 0 Å². The number of rotatable bonds is 5. The van der Waals surface area contributed by atoms with Crippen molar-refractivity contribution in [3.8, 4) is 5.75 Å². The van der Waals surface area contributed by atoms with E-state index in [9.17, 15) is 18.0 Å². The molecule has 0 radical (unpaired) electrons. The Morgan fingerprint density at radius 3 is 2.50 bits per heavy atom. The number of ether oxygens (including phenoxy) is 1. The largest absolute Gasteiger partial charge is 0.493 e. The van der Waals surface area contributed by atoms with Crippen LogP contribution in [0.3, 0.4) is 0 Å². The van der Waals surface area contributed by atoms with Crippen LogP contribution in [0, 0.1) is 0 Å². The quantitative estimate of drug-likeness (QED) is 0.593. The molecule has 1 aromatic carbocycles. The Bertz CT molecular complexity index is 430. The monoisotopic (exact) mass is 278 g/mol. The van der Waals surface area contributed by atoms with Crippen molar-refractivity contribution in [2.45, 2.75) is 30.7 Å². The Morgan fingerprint density at radius 1 is 1.33 bits per heavy atom. The Hall–Kier alpha value is -1.17. The van der Waals surface area contributed by atoms with Gasteiger partial charge in [0.1, 0.15) is 5.75 Å². The minimum atomic E-state index is -4.40. The fourth-order valence-electron chi connectivity index (χ4n) is 1.36. The first-order valence-corrected chi connectivity index (χ1v) is 6.24. The molecule has 0 aromatic heterocycles. The molecule has 0 aliphatic rings. The molecule has 2 nitrogen and oxygen atoms in total. The van der Waals surface area contributed by atoms with Crippen LogP contribution in [0.25, 0.3) is 0 Å². The van der Waals surface area contributed by atoms with Crippen LogP contribution >= 0.6 is 11.8 Å². The van der Waals surface area contributed by atoms with Crippen LogP contribution in [0.2, 0.25) is 0 Å². The van der Waals surface area contributed by atoms with Gasteiger partial charge < -0.3 is 4.74 Å². The zero-order valence-electron chi connectivity index (χ0n) is 10.0. The number of Topliss-reactive ketones (excluding diaryl/α,β-unsaturated/α-hetero) is 1. The molecule has 18 heavy (non-hydrogen) atoms. The molecule has 0 aliphatic heterocycles. The average molecular weight is 278 g/mol. The molecule has 1 aromatic rings. The first-order valence-electron chi connectivity index (χ1n) is 5.43. The number of benzene rings is 1. The highest BCUT2D eigenvalue weighted by Crippen LogP contribution is 2.41. The maximum atomic E-state index is 12.4. The van der Waals surface area contributed by atoms with Crippen molar-refractivity contribution >= 4 is 17.5 Å². The molecule has 0 aliphatic carbocycles. The Kier molecular flexibility index (Phi) is 5.07. The zero-order valence-corrected chi connectivity index (χ0v) is 10.8. The van der Waals surface area contributed by atoms with Gasteiger partial charge in [0.25, 0.3) is 0 Å². The van der Waals surface area contributed by atoms with Crippen molar-refractivity contribution in [2.75, 3.05) is 6.61 Å². The van der Waals surface area contributed by atoms with E-state index >= 15 is 0 Å². The number of hydrogen-bond acceptors (Lipinski definition) is 3. The van der Waals surface area contributed by atoms with Crippen LogP contribution in [-0.4, -0.2) is 17.9 Å². The molecule has 0 saturated heterocycles. The maximum absolute atomic E-state index is 12.4. The van der Waals surface area contributed by atoms with Crippen molar-refractivity contribution in [3.63, 3.8) is 0 Å². The lowest BCUT2D eigenvalue weighted by Gasteiger charge is -2.12. The molecule has 0 fully saturated rings. The van der Waals surface area contributed by atoms with E-state index in [0.717, 1.165) is 0 Å².